The molecule has 1 N–H and O–H groups in total. The first kappa shape index (κ1) is 19.8. The Labute approximate surface area is 178 Å². The molecule has 2 aromatic carbocycles. The predicted molar refractivity (Wildman–Crippen MR) is 122 cm³/mol. The summed E-state index contributed by atoms with van der Waals surface area (Å²) in [6, 6.07) is 20.8. The lowest BCUT2D eigenvalue weighted by molar-refractivity contribution is -0.116. The number of carbonyl (C=O) groups is 1. The highest BCUT2D eigenvalue weighted by Crippen LogP contribution is 2.29. The quantitative estimate of drug-likeness (QED) is 0.505. The van der Waals surface area contributed by atoms with Gasteiger partial charge in [0, 0.05) is 45.7 Å². The lowest BCUT2D eigenvalue weighted by Gasteiger charge is -2.14. The Morgan fingerprint density at radius 1 is 0.967 bits per heavy atom. The molecule has 0 saturated heterocycles. The van der Waals surface area contributed by atoms with Gasteiger partial charge in [0.05, 0.1) is 5.69 Å². The van der Waals surface area contributed by atoms with Gasteiger partial charge in [0.2, 0.25) is 5.91 Å². The predicted octanol–water partition coefficient (Wildman–Crippen LogP) is 4.89. The molecule has 0 bridgehead atoms. The van der Waals surface area contributed by atoms with Crippen LogP contribution in [0, 0.1) is 13.8 Å². The van der Waals surface area contributed by atoms with Gasteiger partial charge in [-0.25, -0.2) is 4.98 Å². The molecule has 0 aliphatic rings. The summed E-state index contributed by atoms with van der Waals surface area (Å²) in [7, 11) is 0. The average molecular weight is 416 g/mol. The number of hydrogen-bond acceptors (Lipinski definition) is 4. The van der Waals surface area contributed by atoms with Gasteiger partial charge in [-0.2, -0.15) is 0 Å². The standard InChI is InChI=1S/C24H21N3O2S/c1-16-12-21(28)13-17(2)27(16)14-23(29)25-20-10-8-18(9-11-20)22-15-30-24(26-22)19-6-4-3-5-7-19/h3-13,15H,14H2,1-2H3,(H,25,29). The van der Waals surface area contributed by atoms with Gasteiger partial charge >= 0.3 is 0 Å². The van der Waals surface area contributed by atoms with Crippen LogP contribution >= 0.6 is 11.3 Å². The molecule has 150 valence electrons. The third kappa shape index (κ3) is 4.39. The summed E-state index contributed by atoms with van der Waals surface area (Å²) in [6.45, 7) is 3.81. The zero-order valence-electron chi connectivity index (χ0n) is 16.8. The van der Waals surface area contributed by atoms with Crippen molar-refractivity contribution in [1.82, 2.24) is 9.55 Å². The zero-order valence-corrected chi connectivity index (χ0v) is 17.6. The van der Waals surface area contributed by atoms with E-state index in [1.807, 2.05) is 78.4 Å². The fourth-order valence-electron chi connectivity index (χ4n) is 3.32. The van der Waals surface area contributed by atoms with E-state index in [4.69, 9.17) is 4.98 Å². The minimum atomic E-state index is -0.141. The lowest BCUT2D eigenvalue weighted by Crippen LogP contribution is -2.23. The van der Waals surface area contributed by atoms with Gasteiger partial charge in [-0.05, 0) is 26.0 Å². The van der Waals surface area contributed by atoms with Gasteiger partial charge in [-0.15, -0.1) is 11.3 Å². The Kier molecular flexibility index (Phi) is 5.59. The Morgan fingerprint density at radius 3 is 2.30 bits per heavy atom. The number of benzene rings is 2. The summed E-state index contributed by atoms with van der Waals surface area (Å²) in [6.07, 6.45) is 0. The van der Waals surface area contributed by atoms with Crippen LogP contribution in [0.5, 0.6) is 0 Å². The molecular weight excluding hydrogens is 394 g/mol. The van der Waals surface area contributed by atoms with Crippen LogP contribution in [-0.2, 0) is 11.3 Å². The van der Waals surface area contributed by atoms with Gasteiger partial charge < -0.3 is 9.88 Å². The molecule has 4 rings (SSSR count). The Hall–Kier alpha value is -3.51. The second-order valence-electron chi connectivity index (χ2n) is 7.09. The highest BCUT2D eigenvalue weighted by Gasteiger charge is 2.09. The molecule has 0 atom stereocenters. The van der Waals surface area contributed by atoms with Crippen LogP contribution in [0.25, 0.3) is 21.8 Å². The van der Waals surface area contributed by atoms with E-state index in [1.54, 1.807) is 11.3 Å². The molecule has 0 fully saturated rings. The van der Waals surface area contributed by atoms with Gasteiger partial charge in [0.1, 0.15) is 11.6 Å². The molecule has 4 aromatic rings. The first-order valence-electron chi connectivity index (χ1n) is 9.59. The summed E-state index contributed by atoms with van der Waals surface area (Å²) in [5.74, 6) is -0.141. The number of pyridine rings is 1. The normalized spacial score (nSPS) is 10.7. The van der Waals surface area contributed by atoms with Crippen LogP contribution < -0.4 is 10.7 Å². The van der Waals surface area contributed by atoms with Crippen LogP contribution in [-0.4, -0.2) is 15.5 Å². The number of nitrogens with one attached hydrogen (secondary N) is 1. The first-order chi connectivity index (χ1) is 14.5. The first-order valence-corrected chi connectivity index (χ1v) is 10.5. The zero-order chi connectivity index (χ0) is 21.1. The Morgan fingerprint density at radius 2 is 1.63 bits per heavy atom. The largest absolute Gasteiger partial charge is 0.340 e. The summed E-state index contributed by atoms with van der Waals surface area (Å²) in [5, 5.41) is 5.93. The van der Waals surface area contributed by atoms with Crippen LogP contribution in [0.2, 0.25) is 0 Å². The highest BCUT2D eigenvalue weighted by atomic mass is 32.1. The van der Waals surface area contributed by atoms with E-state index in [0.717, 1.165) is 38.9 Å². The third-order valence-corrected chi connectivity index (χ3v) is 5.74. The number of rotatable bonds is 5. The number of thiazole rings is 1. The topological polar surface area (TPSA) is 64.0 Å². The molecule has 2 aromatic heterocycles. The van der Waals surface area contributed by atoms with Crippen molar-refractivity contribution in [3.63, 3.8) is 0 Å². The number of amides is 1. The van der Waals surface area contributed by atoms with E-state index in [9.17, 15) is 9.59 Å². The van der Waals surface area contributed by atoms with E-state index in [1.165, 1.54) is 12.1 Å². The molecule has 30 heavy (non-hydrogen) atoms. The van der Waals surface area contributed by atoms with Crippen molar-refractivity contribution in [2.24, 2.45) is 0 Å². The molecule has 1 amide bonds. The maximum Gasteiger partial charge on any atom is 0.244 e. The second kappa shape index (κ2) is 8.47. The van der Waals surface area contributed by atoms with E-state index in [-0.39, 0.29) is 17.9 Å². The van der Waals surface area contributed by atoms with Crippen molar-refractivity contribution < 1.29 is 4.79 Å². The third-order valence-electron chi connectivity index (χ3n) is 4.84. The van der Waals surface area contributed by atoms with Crippen molar-refractivity contribution in [2.45, 2.75) is 20.4 Å². The monoisotopic (exact) mass is 415 g/mol. The molecule has 6 heteroatoms. The number of hydrogen-bond donors (Lipinski definition) is 1. The van der Waals surface area contributed by atoms with Gasteiger partial charge in [-0.3, -0.25) is 9.59 Å². The van der Waals surface area contributed by atoms with E-state index in [2.05, 4.69) is 5.32 Å². The number of anilines is 1. The average Bonchev–Trinajstić information content (AvgIpc) is 3.22. The highest BCUT2D eigenvalue weighted by molar-refractivity contribution is 7.13. The number of aryl methyl sites for hydroxylation is 2. The van der Waals surface area contributed by atoms with E-state index >= 15 is 0 Å². The van der Waals surface area contributed by atoms with Crippen LogP contribution in [0.1, 0.15) is 11.4 Å². The van der Waals surface area contributed by atoms with Gasteiger partial charge in [-0.1, -0.05) is 42.5 Å². The van der Waals surface area contributed by atoms with Crippen LogP contribution in [0.4, 0.5) is 5.69 Å². The maximum atomic E-state index is 12.5. The lowest BCUT2D eigenvalue weighted by atomic mass is 10.1. The molecule has 0 unspecified atom stereocenters. The number of aromatic nitrogens is 2. The molecule has 0 spiro atoms. The summed E-state index contributed by atoms with van der Waals surface area (Å²) in [5.41, 5.74) is 5.22. The molecule has 0 aliphatic heterocycles. The van der Waals surface area contributed by atoms with Crippen molar-refractivity contribution in [3.05, 3.63) is 93.7 Å². The molecule has 0 saturated carbocycles. The van der Waals surface area contributed by atoms with Crippen molar-refractivity contribution in [1.29, 1.82) is 0 Å². The maximum absolute atomic E-state index is 12.5. The second-order valence-corrected chi connectivity index (χ2v) is 7.95. The minimum absolute atomic E-state index is 0.0466. The van der Waals surface area contributed by atoms with Crippen LogP contribution in [0.3, 0.4) is 0 Å². The molecule has 0 aliphatic carbocycles. The summed E-state index contributed by atoms with van der Waals surface area (Å²) in [4.78, 5) is 28.7. The fraction of sp³-hybridized carbons (Fsp3) is 0.125. The van der Waals surface area contributed by atoms with Crippen molar-refractivity contribution in [3.8, 4) is 21.8 Å². The van der Waals surface area contributed by atoms with Crippen LogP contribution in [0.15, 0.2) is 76.9 Å². The number of nitrogens with zero attached hydrogens (tertiary/aromatic N) is 2. The van der Waals surface area contributed by atoms with Crippen molar-refractivity contribution in [2.75, 3.05) is 5.32 Å². The van der Waals surface area contributed by atoms with Crippen molar-refractivity contribution >= 4 is 22.9 Å². The smallest absolute Gasteiger partial charge is 0.244 e. The van der Waals surface area contributed by atoms with E-state index in [0.29, 0.717) is 0 Å². The summed E-state index contributed by atoms with van der Waals surface area (Å²) >= 11 is 1.61. The Balaban J connectivity index is 1.45. The summed E-state index contributed by atoms with van der Waals surface area (Å²) < 4.78 is 1.82. The molecule has 5 nitrogen and oxygen atoms in total. The van der Waals surface area contributed by atoms with Gasteiger partial charge in [0.25, 0.3) is 0 Å². The minimum Gasteiger partial charge on any atom is -0.340 e. The van der Waals surface area contributed by atoms with Gasteiger partial charge in [0.15, 0.2) is 5.43 Å². The Bertz CT molecular complexity index is 1220. The molecular formula is C24H21N3O2S. The fourth-order valence-corrected chi connectivity index (χ4v) is 4.16. The molecule has 2 heterocycles. The molecule has 0 radical (unpaired) electrons. The number of carbonyl (C=O) groups excluding carboxylic acids is 1. The van der Waals surface area contributed by atoms with E-state index < -0.39 is 0 Å². The SMILES string of the molecule is Cc1cc(=O)cc(C)n1CC(=O)Nc1ccc(-c2csc(-c3ccccc3)n2)cc1.